The van der Waals surface area contributed by atoms with Crippen LogP contribution in [0, 0.1) is 11.6 Å². The van der Waals surface area contributed by atoms with Crippen molar-refractivity contribution in [3.8, 4) is 0 Å². The molecule has 1 aliphatic heterocycles. The van der Waals surface area contributed by atoms with E-state index in [9.17, 15) is 8.78 Å². The van der Waals surface area contributed by atoms with Crippen LogP contribution < -0.4 is 10.2 Å². The molecule has 1 aromatic rings. The summed E-state index contributed by atoms with van der Waals surface area (Å²) in [4.78, 5) is 1.60. The van der Waals surface area contributed by atoms with Crippen molar-refractivity contribution >= 4 is 5.69 Å². The van der Waals surface area contributed by atoms with Crippen molar-refractivity contribution in [1.82, 2.24) is 5.32 Å². The third-order valence-electron chi connectivity index (χ3n) is 3.04. The number of hydrogen-bond acceptors (Lipinski definition) is 2. The van der Waals surface area contributed by atoms with Gasteiger partial charge in [0.1, 0.15) is 0 Å². The third kappa shape index (κ3) is 2.02. The van der Waals surface area contributed by atoms with Gasteiger partial charge in [0, 0.05) is 20.6 Å². The largest absolute Gasteiger partial charge is 0.375 e. The number of halogens is 2. The van der Waals surface area contributed by atoms with E-state index in [1.54, 1.807) is 25.1 Å². The van der Waals surface area contributed by atoms with Gasteiger partial charge in [-0.15, -0.1) is 0 Å². The zero-order valence-corrected chi connectivity index (χ0v) is 9.56. The maximum absolute atomic E-state index is 13.5. The number of nitrogens with zero attached hydrogens (tertiary/aromatic N) is 1. The van der Waals surface area contributed by atoms with Gasteiger partial charge in [-0.3, -0.25) is 0 Å². The van der Waals surface area contributed by atoms with Gasteiger partial charge < -0.3 is 10.2 Å². The van der Waals surface area contributed by atoms with E-state index in [0.717, 1.165) is 25.1 Å². The molecule has 1 aromatic carbocycles. The summed E-state index contributed by atoms with van der Waals surface area (Å²) >= 11 is 0. The smallest absolute Gasteiger partial charge is 0.182 e. The summed E-state index contributed by atoms with van der Waals surface area (Å²) in [5.41, 5.74) is 1.20. The van der Waals surface area contributed by atoms with Crippen molar-refractivity contribution in [2.75, 3.05) is 32.1 Å². The summed E-state index contributed by atoms with van der Waals surface area (Å²) < 4.78 is 26.9. The normalized spacial score (nSPS) is 20.1. The van der Waals surface area contributed by atoms with Gasteiger partial charge in [0.25, 0.3) is 0 Å². The second-order valence-corrected chi connectivity index (χ2v) is 4.42. The monoisotopic (exact) mass is 226 g/mol. The van der Waals surface area contributed by atoms with E-state index in [2.05, 4.69) is 5.32 Å². The summed E-state index contributed by atoms with van der Waals surface area (Å²) in [6.07, 6.45) is 0.984. The van der Waals surface area contributed by atoms with Crippen molar-refractivity contribution < 1.29 is 8.78 Å². The second kappa shape index (κ2) is 4.37. The van der Waals surface area contributed by atoms with E-state index in [1.165, 1.54) is 6.07 Å². The summed E-state index contributed by atoms with van der Waals surface area (Å²) in [6.45, 7) is 1.79. The van der Waals surface area contributed by atoms with E-state index >= 15 is 0 Å². The van der Waals surface area contributed by atoms with Crippen LogP contribution in [0.25, 0.3) is 0 Å². The van der Waals surface area contributed by atoms with E-state index in [1.807, 2.05) is 0 Å². The topological polar surface area (TPSA) is 15.3 Å². The van der Waals surface area contributed by atoms with E-state index in [0.29, 0.717) is 11.6 Å². The molecule has 4 heteroatoms. The lowest BCUT2D eigenvalue weighted by atomic mass is 9.97. The zero-order chi connectivity index (χ0) is 11.7. The first-order valence-electron chi connectivity index (χ1n) is 5.46. The summed E-state index contributed by atoms with van der Waals surface area (Å²) in [5.74, 6) is -1.22. The van der Waals surface area contributed by atoms with Crippen LogP contribution in [0.1, 0.15) is 17.9 Å². The van der Waals surface area contributed by atoms with Crippen molar-refractivity contribution in [1.29, 1.82) is 0 Å². The maximum atomic E-state index is 13.5. The highest BCUT2D eigenvalue weighted by molar-refractivity contribution is 5.50. The van der Waals surface area contributed by atoms with Crippen LogP contribution in [-0.2, 0) is 0 Å². The first-order chi connectivity index (χ1) is 7.59. The Bertz CT molecular complexity index is 385. The molecule has 1 unspecified atom stereocenters. The highest BCUT2D eigenvalue weighted by Crippen LogP contribution is 2.29. The van der Waals surface area contributed by atoms with Crippen molar-refractivity contribution in [2.24, 2.45) is 0 Å². The molecule has 2 rings (SSSR count). The first-order valence-corrected chi connectivity index (χ1v) is 5.46. The fourth-order valence-corrected chi connectivity index (χ4v) is 2.10. The fourth-order valence-electron chi connectivity index (χ4n) is 2.10. The van der Waals surface area contributed by atoms with E-state index in [4.69, 9.17) is 0 Å². The fraction of sp³-hybridized carbons (Fsp3) is 0.500. The van der Waals surface area contributed by atoms with E-state index < -0.39 is 11.6 Å². The molecular formula is C12H16F2N2. The van der Waals surface area contributed by atoms with Crippen LogP contribution in [0.15, 0.2) is 12.1 Å². The Labute approximate surface area is 94.3 Å². The summed E-state index contributed by atoms with van der Waals surface area (Å²) in [6, 6.07) is 3.07. The molecule has 0 radical (unpaired) electrons. The predicted octanol–water partition coefficient (Wildman–Crippen LogP) is 2.11. The molecule has 1 N–H and O–H groups in total. The number of anilines is 1. The molecule has 1 aliphatic rings. The van der Waals surface area contributed by atoms with Crippen LogP contribution in [0.2, 0.25) is 0 Å². The highest BCUT2D eigenvalue weighted by atomic mass is 19.2. The van der Waals surface area contributed by atoms with Gasteiger partial charge in [-0.2, -0.15) is 0 Å². The molecule has 2 nitrogen and oxygen atoms in total. The average Bonchev–Trinajstić information content (AvgIpc) is 2.74. The Kier molecular flexibility index (Phi) is 3.10. The number of benzene rings is 1. The van der Waals surface area contributed by atoms with Gasteiger partial charge in [0.15, 0.2) is 11.6 Å². The molecule has 1 fully saturated rings. The Morgan fingerprint density at radius 1 is 1.31 bits per heavy atom. The molecule has 0 spiro atoms. The van der Waals surface area contributed by atoms with Crippen molar-refractivity contribution in [2.45, 2.75) is 12.3 Å². The second-order valence-electron chi connectivity index (χ2n) is 4.42. The molecule has 0 saturated carbocycles. The lowest BCUT2D eigenvalue weighted by Gasteiger charge is -2.17. The molecule has 0 aliphatic carbocycles. The Morgan fingerprint density at radius 3 is 2.62 bits per heavy atom. The predicted molar refractivity (Wildman–Crippen MR) is 60.9 cm³/mol. The Hall–Kier alpha value is -1.16. The third-order valence-corrected chi connectivity index (χ3v) is 3.04. The highest BCUT2D eigenvalue weighted by Gasteiger charge is 2.20. The minimum atomic E-state index is -0.764. The molecular weight excluding hydrogens is 210 g/mol. The molecule has 16 heavy (non-hydrogen) atoms. The Morgan fingerprint density at radius 2 is 2.06 bits per heavy atom. The van der Waals surface area contributed by atoms with Gasteiger partial charge in [-0.05, 0) is 36.6 Å². The van der Waals surface area contributed by atoms with E-state index in [-0.39, 0.29) is 0 Å². The molecule has 0 aromatic heterocycles. The number of rotatable bonds is 2. The van der Waals surface area contributed by atoms with Gasteiger partial charge in [0.05, 0.1) is 5.69 Å². The van der Waals surface area contributed by atoms with Crippen LogP contribution >= 0.6 is 0 Å². The molecule has 88 valence electrons. The van der Waals surface area contributed by atoms with Crippen LogP contribution in [-0.4, -0.2) is 27.2 Å². The molecule has 1 atom stereocenters. The number of nitrogens with one attached hydrogen (secondary N) is 1. The number of hydrogen-bond donors (Lipinski definition) is 1. The SMILES string of the molecule is CN(C)c1cc(C2CCNC2)cc(F)c1F. The molecule has 1 saturated heterocycles. The summed E-state index contributed by atoms with van der Waals surface area (Å²) in [5, 5.41) is 3.22. The maximum Gasteiger partial charge on any atom is 0.182 e. The van der Waals surface area contributed by atoms with Gasteiger partial charge in [-0.25, -0.2) is 8.78 Å². The van der Waals surface area contributed by atoms with Crippen LogP contribution in [0.5, 0.6) is 0 Å². The van der Waals surface area contributed by atoms with Crippen molar-refractivity contribution in [3.05, 3.63) is 29.3 Å². The Balaban J connectivity index is 2.39. The van der Waals surface area contributed by atoms with Gasteiger partial charge >= 0.3 is 0 Å². The molecule has 0 bridgehead atoms. The minimum absolute atomic E-state index is 0.300. The lowest BCUT2D eigenvalue weighted by Crippen LogP contribution is -2.14. The molecule has 1 heterocycles. The van der Waals surface area contributed by atoms with Gasteiger partial charge in [-0.1, -0.05) is 0 Å². The zero-order valence-electron chi connectivity index (χ0n) is 9.56. The van der Waals surface area contributed by atoms with Crippen LogP contribution in [0.3, 0.4) is 0 Å². The minimum Gasteiger partial charge on any atom is -0.375 e. The standard InChI is InChI=1S/C12H16F2N2/c1-16(2)11-6-9(5-10(13)12(11)14)8-3-4-15-7-8/h5-6,8,15H,3-4,7H2,1-2H3. The first kappa shape index (κ1) is 11.3. The van der Waals surface area contributed by atoms with Crippen LogP contribution in [0.4, 0.5) is 14.5 Å². The van der Waals surface area contributed by atoms with Gasteiger partial charge in [0.2, 0.25) is 0 Å². The quantitative estimate of drug-likeness (QED) is 0.831. The molecule has 0 amide bonds. The average molecular weight is 226 g/mol. The lowest BCUT2D eigenvalue weighted by molar-refractivity contribution is 0.506. The summed E-state index contributed by atoms with van der Waals surface area (Å²) in [7, 11) is 3.43. The van der Waals surface area contributed by atoms with Crippen molar-refractivity contribution in [3.63, 3.8) is 0 Å².